The van der Waals surface area contributed by atoms with Gasteiger partial charge in [0.05, 0.1) is 27.7 Å². The van der Waals surface area contributed by atoms with Crippen molar-refractivity contribution in [3.63, 3.8) is 0 Å². The molecular formula is C28H53NO7P+. The van der Waals surface area contributed by atoms with Crippen LogP contribution in [-0.2, 0) is 23.1 Å². The van der Waals surface area contributed by atoms with E-state index in [1.165, 1.54) is 25.7 Å². The molecule has 0 aliphatic carbocycles. The van der Waals surface area contributed by atoms with E-state index in [-0.39, 0.29) is 19.6 Å². The van der Waals surface area contributed by atoms with E-state index in [9.17, 15) is 19.4 Å². The molecule has 0 rings (SSSR count). The molecular weight excluding hydrogens is 493 g/mol. The average Bonchev–Trinajstić information content (AvgIpc) is 2.82. The highest BCUT2D eigenvalue weighted by Gasteiger charge is 2.24. The molecule has 0 aliphatic heterocycles. The molecule has 2 unspecified atom stereocenters. The van der Waals surface area contributed by atoms with Crippen LogP contribution in [0.1, 0.15) is 84.0 Å². The molecule has 0 radical (unpaired) electrons. The van der Waals surface area contributed by atoms with E-state index < -0.39 is 26.5 Å². The number of hydrogen-bond acceptors (Lipinski definition) is 6. The van der Waals surface area contributed by atoms with Crippen LogP contribution in [0.3, 0.4) is 0 Å². The molecule has 8 nitrogen and oxygen atoms in total. The lowest BCUT2D eigenvalue weighted by Gasteiger charge is -2.24. The van der Waals surface area contributed by atoms with Crippen LogP contribution in [-0.4, -0.2) is 74.1 Å². The van der Waals surface area contributed by atoms with Gasteiger partial charge in [-0.3, -0.25) is 13.8 Å². The lowest BCUT2D eigenvalue weighted by atomic mass is 10.1. The highest BCUT2D eigenvalue weighted by Crippen LogP contribution is 2.43. The Kier molecular flexibility index (Phi) is 21.9. The number of rotatable bonds is 24. The van der Waals surface area contributed by atoms with E-state index in [4.69, 9.17) is 13.8 Å². The first kappa shape index (κ1) is 35.7. The van der Waals surface area contributed by atoms with Gasteiger partial charge in [-0.25, -0.2) is 4.57 Å². The molecule has 0 aliphatic rings. The molecule has 37 heavy (non-hydrogen) atoms. The predicted octanol–water partition coefficient (Wildman–Crippen LogP) is 6.10. The Balaban J connectivity index is 3.66. The van der Waals surface area contributed by atoms with E-state index in [2.05, 4.69) is 43.4 Å². The molecule has 0 bridgehead atoms. The summed E-state index contributed by atoms with van der Waals surface area (Å²) in [4.78, 5) is 21.4. The zero-order valence-corrected chi connectivity index (χ0v) is 24.6. The van der Waals surface area contributed by atoms with Gasteiger partial charge in [0.1, 0.15) is 25.9 Å². The first-order valence-electron chi connectivity index (χ1n) is 13.8. The fraction of sp³-hybridized carbons (Fsp3) is 0.750. The average molecular weight is 547 g/mol. The van der Waals surface area contributed by atoms with Crippen LogP contribution in [0, 0.1) is 0 Å². The lowest BCUT2D eigenvalue weighted by Crippen LogP contribution is -2.37. The van der Waals surface area contributed by atoms with Gasteiger partial charge in [0.25, 0.3) is 0 Å². The van der Waals surface area contributed by atoms with E-state index >= 15 is 0 Å². The van der Waals surface area contributed by atoms with Gasteiger partial charge < -0.3 is 19.2 Å². The highest BCUT2D eigenvalue weighted by atomic mass is 31.2. The maximum absolute atomic E-state index is 11.8. The number of allylic oxidation sites excluding steroid dienone is 6. The van der Waals surface area contributed by atoms with E-state index in [0.717, 1.165) is 44.9 Å². The molecule has 9 heteroatoms. The van der Waals surface area contributed by atoms with Crippen molar-refractivity contribution < 1.29 is 37.6 Å². The van der Waals surface area contributed by atoms with Crippen molar-refractivity contribution in [2.45, 2.75) is 90.1 Å². The predicted molar refractivity (Wildman–Crippen MR) is 150 cm³/mol. The van der Waals surface area contributed by atoms with Crippen LogP contribution in [0.5, 0.6) is 0 Å². The van der Waals surface area contributed by atoms with Gasteiger partial charge >= 0.3 is 13.8 Å². The summed E-state index contributed by atoms with van der Waals surface area (Å²) in [5.74, 6) is -0.395. The number of aliphatic hydroxyl groups excluding tert-OH is 1. The summed E-state index contributed by atoms with van der Waals surface area (Å²) in [6, 6.07) is 0. The summed E-state index contributed by atoms with van der Waals surface area (Å²) in [6.45, 7) is 2.06. The zero-order chi connectivity index (χ0) is 27.8. The van der Waals surface area contributed by atoms with Crippen molar-refractivity contribution in [3.05, 3.63) is 36.5 Å². The summed E-state index contributed by atoms with van der Waals surface area (Å²) in [6.07, 6.45) is 24.3. The minimum Gasteiger partial charge on any atom is -0.463 e. The number of esters is 1. The van der Waals surface area contributed by atoms with Gasteiger partial charge in [0.15, 0.2) is 0 Å². The summed E-state index contributed by atoms with van der Waals surface area (Å²) >= 11 is 0. The number of aliphatic hydroxyl groups is 1. The number of unbranched alkanes of at least 4 members (excludes halogenated alkanes) is 7. The Hall–Kier alpha value is -1.28. The monoisotopic (exact) mass is 546 g/mol. The number of quaternary nitrogens is 1. The normalized spacial score (nSPS) is 15.1. The number of phosphoric ester groups is 1. The van der Waals surface area contributed by atoms with Crippen molar-refractivity contribution in [3.8, 4) is 0 Å². The number of carbonyl (C=O) groups excluding carboxylic acids is 1. The standard InChI is InChI=1S/C28H52NO7P/c1-5-6-7-8-9-10-11-12-13-14-15-16-17-18-19-20-21-22-28(31)34-25-27(30)26-36-37(32,33)35-24-23-29(2,3)4/h9-10,12-13,15-16,27,30H,5-8,11,14,17-26H2,1-4H3/p+1. The Morgan fingerprint density at radius 3 is 2.00 bits per heavy atom. The van der Waals surface area contributed by atoms with Crippen molar-refractivity contribution in [1.82, 2.24) is 0 Å². The molecule has 0 amide bonds. The fourth-order valence-electron chi connectivity index (χ4n) is 3.13. The van der Waals surface area contributed by atoms with Crippen LogP contribution in [0.2, 0.25) is 0 Å². The van der Waals surface area contributed by atoms with Gasteiger partial charge in [0.2, 0.25) is 0 Å². The first-order chi connectivity index (χ1) is 17.6. The van der Waals surface area contributed by atoms with E-state index in [1.807, 2.05) is 21.1 Å². The topological polar surface area (TPSA) is 102 Å². The van der Waals surface area contributed by atoms with Gasteiger partial charge in [-0.15, -0.1) is 0 Å². The van der Waals surface area contributed by atoms with Gasteiger partial charge in [-0.2, -0.15) is 0 Å². The van der Waals surface area contributed by atoms with Gasteiger partial charge in [-0.1, -0.05) is 69.1 Å². The third-order valence-corrected chi connectivity index (χ3v) is 6.39. The molecule has 0 saturated heterocycles. The second-order valence-electron chi connectivity index (χ2n) is 10.3. The van der Waals surface area contributed by atoms with Crippen molar-refractivity contribution >= 4 is 13.8 Å². The first-order valence-corrected chi connectivity index (χ1v) is 15.3. The number of ether oxygens (including phenoxy) is 1. The molecule has 0 spiro atoms. The third-order valence-electron chi connectivity index (χ3n) is 5.40. The lowest BCUT2D eigenvalue weighted by molar-refractivity contribution is -0.870. The number of nitrogens with zero attached hydrogens (tertiary/aromatic N) is 1. The van der Waals surface area contributed by atoms with Crippen molar-refractivity contribution in [2.24, 2.45) is 0 Å². The van der Waals surface area contributed by atoms with Crippen LogP contribution in [0.15, 0.2) is 36.5 Å². The minimum atomic E-state index is -4.25. The highest BCUT2D eigenvalue weighted by molar-refractivity contribution is 7.47. The number of phosphoric acid groups is 1. The Labute approximate surface area is 225 Å². The molecule has 2 atom stereocenters. The van der Waals surface area contributed by atoms with Crippen LogP contribution in [0.4, 0.5) is 0 Å². The summed E-state index contributed by atoms with van der Waals surface area (Å²) in [5.41, 5.74) is 0. The van der Waals surface area contributed by atoms with Crippen LogP contribution >= 0.6 is 7.82 Å². The van der Waals surface area contributed by atoms with Crippen molar-refractivity contribution in [2.75, 3.05) is 47.5 Å². The molecule has 2 N–H and O–H groups in total. The Bertz CT molecular complexity index is 701. The maximum Gasteiger partial charge on any atom is 0.472 e. The molecule has 0 aromatic heterocycles. The van der Waals surface area contributed by atoms with E-state index in [0.29, 0.717) is 11.0 Å². The molecule has 0 saturated carbocycles. The molecule has 0 fully saturated rings. The largest absolute Gasteiger partial charge is 0.472 e. The van der Waals surface area contributed by atoms with E-state index in [1.54, 1.807) is 0 Å². The van der Waals surface area contributed by atoms with Crippen LogP contribution in [0.25, 0.3) is 0 Å². The quantitative estimate of drug-likeness (QED) is 0.0496. The SMILES string of the molecule is CCCCCC=CCC=CCC=CCCCCCCC(=O)OCC(O)COP(=O)(O)OCC[N+](C)(C)C. The van der Waals surface area contributed by atoms with Crippen LogP contribution < -0.4 is 0 Å². The van der Waals surface area contributed by atoms with Crippen molar-refractivity contribution in [1.29, 1.82) is 0 Å². The number of likely N-dealkylation sites (N-methyl/N-ethyl adjacent to an activating group) is 1. The second kappa shape index (κ2) is 22.7. The molecule has 216 valence electrons. The maximum atomic E-state index is 11.8. The molecule has 0 aromatic rings. The summed E-state index contributed by atoms with van der Waals surface area (Å²) in [7, 11) is 1.54. The zero-order valence-electron chi connectivity index (χ0n) is 23.7. The van der Waals surface area contributed by atoms with Gasteiger partial charge in [-0.05, 0) is 44.9 Å². The smallest absolute Gasteiger partial charge is 0.463 e. The second-order valence-corrected chi connectivity index (χ2v) is 11.7. The van der Waals surface area contributed by atoms with Gasteiger partial charge in [0, 0.05) is 6.42 Å². The minimum absolute atomic E-state index is 0.0490. The Morgan fingerprint density at radius 2 is 1.41 bits per heavy atom. The Morgan fingerprint density at radius 1 is 0.838 bits per heavy atom. The molecule has 0 heterocycles. The number of carbonyl (C=O) groups is 1. The summed E-state index contributed by atoms with van der Waals surface area (Å²) in [5, 5.41) is 9.83. The fourth-order valence-corrected chi connectivity index (χ4v) is 3.88. The molecule has 0 aromatic carbocycles. The third kappa shape index (κ3) is 27.6. The summed E-state index contributed by atoms with van der Waals surface area (Å²) < 4.78 is 27.0. The number of hydrogen-bond donors (Lipinski definition) is 2.